The van der Waals surface area contributed by atoms with E-state index >= 15 is 0 Å². The van der Waals surface area contributed by atoms with E-state index in [-0.39, 0.29) is 0 Å². The molecule has 0 heterocycles. The summed E-state index contributed by atoms with van der Waals surface area (Å²) >= 11 is 17.4. The van der Waals surface area contributed by atoms with E-state index < -0.39 is 0 Å². The molecule has 3 rings (SSSR count). The van der Waals surface area contributed by atoms with E-state index in [1.54, 1.807) is 6.07 Å². The first-order valence-electron chi connectivity index (χ1n) is 7.55. The van der Waals surface area contributed by atoms with Crippen molar-refractivity contribution in [2.45, 2.75) is 38.6 Å². The van der Waals surface area contributed by atoms with E-state index in [9.17, 15) is 0 Å². The molecule has 2 saturated carbocycles. The van der Waals surface area contributed by atoms with Gasteiger partial charge in [-0.3, -0.25) is 0 Å². The minimum atomic E-state index is 0.412. The van der Waals surface area contributed by atoms with Gasteiger partial charge in [0.1, 0.15) is 0 Å². The summed E-state index contributed by atoms with van der Waals surface area (Å²) in [5, 5.41) is 8.45. The average molecular weight is 343 g/mol. The van der Waals surface area contributed by atoms with Gasteiger partial charge in [-0.25, -0.2) is 0 Å². The lowest BCUT2D eigenvalue weighted by atomic mass is 9.84. The monoisotopic (exact) mass is 342 g/mol. The van der Waals surface area contributed by atoms with Crippen molar-refractivity contribution in [1.82, 2.24) is 5.32 Å². The molecule has 2 bridgehead atoms. The summed E-state index contributed by atoms with van der Waals surface area (Å²) in [6, 6.07) is 5.77. The molecule has 0 saturated heterocycles. The van der Waals surface area contributed by atoms with Gasteiger partial charge in [-0.1, -0.05) is 29.6 Å². The van der Waals surface area contributed by atoms with Gasteiger partial charge < -0.3 is 10.6 Å². The van der Waals surface area contributed by atoms with Crippen LogP contribution < -0.4 is 10.6 Å². The summed E-state index contributed by atoms with van der Waals surface area (Å²) in [6.07, 6.45) is 5.59. The Morgan fingerprint density at radius 2 is 1.90 bits per heavy atom. The van der Waals surface area contributed by atoms with Gasteiger partial charge in [-0.2, -0.15) is 0 Å². The van der Waals surface area contributed by atoms with Crippen molar-refractivity contribution in [1.29, 1.82) is 0 Å². The maximum atomic E-state index is 6.00. The van der Waals surface area contributed by atoms with E-state index in [2.05, 4.69) is 17.6 Å². The van der Waals surface area contributed by atoms with Crippen LogP contribution in [0.15, 0.2) is 18.2 Å². The van der Waals surface area contributed by atoms with Gasteiger partial charge in [0.2, 0.25) is 0 Å². The molecule has 1 aromatic rings. The third-order valence-electron chi connectivity index (χ3n) is 4.91. The smallest absolute Gasteiger partial charge is 0.170 e. The molecule has 21 heavy (non-hydrogen) atoms. The fraction of sp³-hybridized carbons (Fsp3) is 0.562. The van der Waals surface area contributed by atoms with Crippen LogP contribution >= 0.6 is 35.4 Å². The molecule has 4 unspecified atom stereocenters. The lowest BCUT2D eigenvalue weighted by molar-refractivity contribution is 0.279. The summed E-state index contributed by atoms with van der Waals surface area (Å²) in [5.74, 6) is 2.60. The Morgan fingerprint density at radius 3 is 2.48 bits per heavy atom. The van der Waals surface area contributed by atoms with Gasteiger partial charge in [0.05, 0.1) is 0 Å². The van der Waals surface area contributed by atoms with Gasteiger partial charge >= 0.3 is 0 Å². The average Bonchev–Trinajstić information content (AvgIpc) is 2.99. The van der Waals surface area contributed by atoms with Crippen molar-refractivity contribution in [2.75, 3.05) is 5.32 Å². The van der Waals surface area contributed by atoms with Crippen molar-refractivity contribution in [2.24, 2.45) is 17.8 Å². The molecule has 0 aromatic heterocycles. The number of halogens is 2. The first kappa shape index (κ1) is 15.4. The van der Waals surface area contributed by atoms with Crippen LogP contribution in [0.25, 0.3) is 0 Å². The highest BCUT2D eigenvalue weighted by molar-refractivity contribution is 7.80. The summed E-state index contributed by atoms with van der Waals surface area (Å²) < 4.78 is 0. The molecule has 2 N–H and O–H groups in total. The van der Waals surface area contributed by atoms with Crippen LogP contribution in [0.5, 0.6) is 0 Å². The van der Waals surface area contributed by atoms with Gasteiger partial charge in [-0.15, -0.1) is 0 Å². The molecule has 2 aliphatic carbocycles. The Balaban J connectivity index is 1.56. The number of benzene rings is 1. The lowest BCUT2D eigenvalue weighted by Crippen LogP contribution is -2.42. The Labute approximate surface area is 141 Å². The number of rotatable bonds is 3. The summed E-state index contributed by atoms with van der Waals surface area (Å²) in [6.45, 7) is 2.24. The van der Waals surface area contributed by atoms with Crippen molar-refractivity contribution in [3.8, 4) is 0 Å². The summed E-state index contributed by atoms with van der Waals surface area (Å²) in [7, 11) is 0. The van der Waals surface area contributed by atoms with E-state index in [0.717, 1.165) is 23.4 Å². The fourth-order valence-electron chi connectivity index (χ4n) is 4.01. The molecule has 114 valence electrons. The Hall–Kier alpha value is -0.510. The van der Waals surface area contributed by atoms with Crippen LogP contribution in [0, 0.1) is 17.8 Å². The topological polar surface area (TPSA) is 24.1 Å². The van der Waals surface area contributed by atoms with Crippen LogP contribution in [0.3, 0.4) is 0 Å². The highest BCUT2D eigenvalue weighted by Gasteiger charge is 2.41. The third-order valence-corrected chi connectivity index (χ3v) is 5.57. The number of fused-ring (bicyclic) bond motifs is 2. The largest absolute Gasteiger partial charge is 0.360 e. The molecule has 2 fully saturated rings. The van der Waals surface area contributed by atoms with Crippen molar-refractivity contribution < 1.29 is 0 Å². The predicted molar refractivity (Wildman–Crippen MR) is 94.2 cm³/mol. The van der Waals surface area contributed by atoms with Crippen LogP contribution in [0.4, 0.5) is 5.69 Å². The predicted octanol–water partition coefficient (Wildman–Crippen LogP) is 5.10. The van der Waals surface area contributed by atoms with Crippen molar-refractivity contribution in [3.05, 3.63) is 28.2 Å². The minimum Gasteiger partial charge on any atom is -0.360 e. The highest BCUT2D eigenvalue weighted by Crippen LogP contribution is 2.49. The molecule has 5 heteroatoms. The zero-order valence-electron chi connectivity index (χ0n) is 12.0. The second kappa shape index (κ2) is 6.31. The van der Waals surface area contributed by atoms with Crippen LogP contribution in [0.1, 0.15) is 32.6 Å². The quantitative estimate of drug-likeness (QED) is 0.746. The van der Waals surface area contributed by atoms with Crippen LogP contribution in [-0.4, -0.2) is 11.2 Å². The fourth-order valence-corrected chi connectivity index (χ4v) is 4.84. The van der Waals surface area contributed by atoms with E-state index in [0.29, 0.717) is 21.2 Å². The third kappa shape index (κ3) is 3.64. The standard InChI is InChI=1S/C16H20Cl2N2S/c1-9(15-5-10-2-3-11(15)4-10)19-16(21)20-14-7-12(17)6-13(18)8-14/h6-11,15H,2-5H2,1H3,(H2,19,20,21). The second-order valence-electron chi connectivity index (χ2n) is 6.38. The summed E-state index contributed by atoms with van der Waals surface area (Å²) in [5.41, 5.74) is 0.824. The second-order valence-corrected chi connectivity index (χ2v) is 7.67. The Kier molecular flexibility index (Phi) is 4.63. The zero-order chi connectivity index (χ0) is 15.0. The lowest BCUT2D eigenvalue weighted by Gasteiger charge is -2.29. The normalized spacial score (nSPS) is 28.4. The molecule has 0 radical (unpaired) electrons. The SMILES string of the molecule is CC(NC(=S)Nc1cc(Cl)cc(Cl)c1)C1CC2CCC1C2. The maximum absolute atomic E-state index is 6.00. The Morgan fingerprint density at radius 1 is 1.19 bits per heavy atom. The van der Waals surface area contributed by atoms with Crippen molar-refractivity contribution >= 4 is 46.2 Å². The molecular weight excluding hydrogens is 323 g/mol. The Bertz CT molecular complexity index is 529. The maximum Gasteiger partial charge on any atom is 0.170 e. The van der Waals surface area contributed by atoms with Gasteiger partial charge in [-0.05, 0) is 74.4 Å². The molecule has 0 spiro atoms. The van der Waals surface area contributed by atoms with Gasteiger partial charge in [0.15, 0.2) is 5.11 Å². The number of hydrogen-bond donors (Lipinski definition) is 2. The molecule has 2 nitrogen and oxygen atoms in total. The number of anilines is 1. The van der Waals surface area contributed by atoms with Gasteiger partial charge in [0.25, 0.3) is 0 Å². The molecule has 1 aromatic carbocycles. The molecule has 0 aliphatic heterocycles. The zero-order valence-corrected chi connectivity index (χ0v) is 14.4. The molecule has 0 amide bonds. The minimum absolute atomic E-state index is 0.412. The molecule has 4 atom stereocenters. The van der Waals surface area contributed by atoms with Gasteiger partial charge in [0, 0.05) is 21.8 Å². The number of nitrogens with one attached hydrogen (secondary N) is 2. The van der Waals surface area contributed by atoms with E-state index in [1.807, 2.05) is 12.1 Å². The molecular formula is C16H20Cl2N2S. The van der Waals surface area contributed by atoms with Crippen LogP contribution in [0.2, 0.25) is 10.0 Å². The molecule has 2 aliphatic rings. The highest BCUT2D eigenvalue weighted by atomic mass is 35.5. The van der Waals surface area contributed by atoms with E-state index in [4.69, 9.17) is 35.4 Å². The van der Waals surface area contributed by atoms with Crippen LogP contribution in [-0.2, 0) is 0 Å². The number of hydrogen-bond acceptors (Lipinski definition) is 1. The first-order chi connectivity index (χ1) is 10.0. The first-order valence-corrected chi connectivity index (χ1v) is 8.71. The van der Waals surface area contributed by atoms with Crippen molar-refractivity contribution in [3.63, 3.8) is 0 Å². The van der Waals surface area contributed by atoms with E-state index in [1.165, 1.54) is 25.7 Å². The summed E-state index contributed by atoms with van der Waals surface area (Å²) in [4.78, 5) is 0. The number of thiocarbonyl (C=S) groups is 1.